The van der Waals surface area contributed by atoms with Crippen molar-refractivity contribution in [1.29, 1.82) is 0 Å². The molecule has 4 heteroatoms. The summed E-state index contributed by atoms with van der Waals surface area (Å²) < 4.78 is 5.99. The zero-order valence-corrected chi connectivity index (χ0v) is 21.0. The number of aromatic nitrogens is 2. The van der Waals surface area contributed by atoms with Gasteiger partial charge in [0, 0.05) is 34.5 Å². The Morgan fingerprint density at radius 3 is 2.58 bits per heavy atom. The van der Waals surface area contributed by atoms with Gasteiger partial charge in [0.1, 0.15) is 11.3 Å². The third-order valence-electron chi connectivity index (χ3n) is 6.48. The second-order valence-corrected chi connectivity index (χ2v) is 10.2. The van der Waals surface area contributed by atoms with Crippen LogP contribution in [0.15, 0.2) is 107 Å². The number of fused-ring (bicyclic) bond motifs is 3. The number of nitrogens with zero attached hydrogens (tertiary/aromatic N) is 2. The van der Waals surface area contributed by atoms with Crippen molar-refractivity contribution >= 4 is 50.1 Å². The highest BCUT2D eigenvalue weighted by Gasteiger charge is 2.07. The first-order valence-electron chi connectivity index (χ1n) is 12.2. The Hall–Kier alpha value is -3.89. The largest absolute Gasteiger partial charge is 0.461 e. The number of furan rings is 1. The van der Waals surface area contributed by atoms with Gasteiger partial charge in [-0.1, -0.05) is 54.6 Å². The van der Waals surface area contributed by atoms with Crippen LogP contribution in [0, 0.1) is 0 Å². The quantitative estimate of drug-likeness (QED) is 0.212. The summed E-state index contributed by atoms with van der Waals surface area (Å²) in [5, 5.41) is 4.49. The number of pyridine rings is 2. The van der Waals surface area contributed by atoms with Crippen molar-refractivity contribution in [2.24, 2.45) is 0 Å². The van der Waals surface area contributed by atoms with Gasteiger partial charge in [0.05, 0.1) is 16.1 Å². The van der Waals surface area contributed by atoms with Crippen LogP contribution in [0.1, 0.15) is 29.4 Å². The van der Waals surface area contributed by atoms with E-state index in [1.807, 2.05) is 31.3 Å². The summed E-state index contributed by atoms with van der Waals surface area (Å²) in [6, 6.07) is 29.7. The van der Waals surface area contributed by atoms with Crippen LogP contribution in [0.4, 0.5) is 0 Å². The maximum atomic E-state index is 5.99. The van der Waals surface area contributed by atoms with Crippen LogP contribution in [0.2, 0.25) is 0 Å². The van der Waals surface area contributed by atoms with Gasteiger partial charge in [-0.15, -0.1) is 11.8 Å². The van der Waals surface area contributed by atoms with Gasteiger partial charge < -0.3 is 4.42 Å². The summed E-state index contributed by atoms with van der Waals surface area (Å²) in [6.45, 7) is 6.09. The van der Waals surface area contributed by atoms with Crippen molar-refractivity contribution in [2.45, 2.75) is 30.5 Å². The predicted octanol–water partition coefficient (Wildman–Crippen LogP) is 8.64. The topological polar surface area (TPSA) is 38.9 Å². The molecule has 0 spiro atoms. The second-order valence-electron chi connectivity index (χ2n) is 9.25. The molecule has 36 heavy (non-hydrogen) atoms. The van der Waals surface area contributed by atoms with E-state index in [9.17, 15) is 0 Å². The number of aryl methyl sites for hydroxylation is 2. The molecule has 6 aromatic rings. The summed E-state index contributed by atoms with van der Waals surface area (Å²) in [5.74, 6) is 1.85. The molecule has 0 fully saturated rings. The molecule has 0 saturated heterocycles. The monoisotopic (exact) mass is 486 g/mol. The molecule has 3 aromatic carbocycles. The summed E-state index contributed by atoms with van der Waals surface area (Å²) in [4.78, 5) is 9.59. The standard InChI is InChI=1S/C32H26N2OS/c1-21(2)25-10-13-29-27(17-25)15-23(19-33-29)20-36-32-14-11-24-9-7-22(16-30(24)34-32)8-12-28-18-26-5-3-4-6-31(26)35-28/h3-7,9-11,13-19H,1,8,12,20H2,2H3. The molecule has 3 aromatic heterocycles. The van der Waals surface area contributed by atoms with E-state index < -0.39 is 0 Å². The number of rotatable bonds is 7. The lowest BCUT2D eigenvalue weighted by molar-refractivity contribution is 0.547. The fourth-order valence-electron chi connectivity index (χ4n) is 4.49. The van der Waals surface area contributed by atoms with Crippen LogP contribution in [0.5, 0.6) is 0 Å². The van der Waals surface area contributed by atoms with Gasteiger partial charge in [-0.25, -0.2) is 4.98 Å². The van der Waals surface area contributed by atoms with E-state index in [1.54, 1.807) is 11.8 Å². The zero-order chi connectivity index (χ0) is 24.5. The number of allylic oxidation sites excluding steroid dienone is 1. The Balaban J connectivity index is 1.16. The van der Waals surface area contributed by atoms with Crippen molar-refractivity contribution in [3.63, 3.8) is 0 Å². The maximum absolute atomic E-state index is 5.99. The smallest absolute Gasteiger partial charge is 0.134 e. The lowest BCUT2D eigenvalue weighted by atomic mass is 10.1. The van der Waals surface area contributed by atoms with Gasteiger partial charge in [0.25, 0.3) is 0 Å². The van der Waals surface area contributed by atoms with E-state index in [-0.39, 0.29) is 0 Å². The molecule has 0 bridgehead atoms. The molecule has 0 aliphatic carbocycles. The minimum absolute atomic E-state index is 0.824. The fraction of sp³-hybridized carbons (Fsp3) is 0.125. The highest BCUT2D eigenvalue weighted by molar-refractivity contribution is 7.98. The lowest BCUT2D eigenvalue weighted by Crippen LogP contribution is -1.92. The molecule has 0 unspecified atom stereocenters. The number of thioether (sulfide) groups is 1. The van der Waals surface area contributed by atoms with Crippen LogP contribution in [0.25, 0.3) is 38.3 Å². The molecule has 0 aliphatic rings. The van der Waals surface area contributed by atoms with E-state index in [0.29, 0.717) is 0 Å². The highest BCUT2D eigenvalue weighted by Crippen LogP contribution is 2.27. The summed E-state index contributed by atoms with van der Waals surface area (Å²) >= 11 is 1.74. The van der Waals surface area contributed by atoms with Crippen LogP contribution in [0.3, 0.4) is 0 Å². The van der Waals surface area contributed by atoms with E-state index in [4.69, 9.17) is 9.40 Å². The summed E-state index contributed by atoms with van der Waals surface area (Å²) in [6.07, 6.45) is 3.76. The van der Waals surface area contributed by atoms with Crippen molar-refractivity contribution in [2.75, 3.05) is 0 Å². The Labute approximate surface area is 214 Å². The van der Waals surface area contributed by atoms with Crippen LogP contribution in [-0.4, -0.2) is 9.97 Å². The van der Waals surface area contributed by atoms with Crippen LogP contribution >= 0.6 is 11.8 Å². The number of para-hydroxylation sites is 1. The molecule has 0 aliphatic heterocycles. The molecule has 0 radical (unpaired) electrons. The maximum Gasteiger partial charge on any atom is 0.134 e. The van der Waals surface area contributed by atoms with E-state index in [0.717, 1.165) is 73.3 Å². The zero-order valence-electron chi connectivity index (χ0n) is 20.2. The minimum Gasteiger partial charge on any atom is -0.461 e. The number of hydrogen-bond acceptors (Lipinski definition) is 4. The Bertz CT molecular complexity index is 1700. The first-order chi connectivity index (χ1) is 17.6. The average Bonchev–Trinajstić information content (AvgIpc) is 3.33. The molecule has 0 saturated carbocycles. The molecule has 3 heterocycles. The number of benzene rings is 3. The Morgan fingerprint density at radius 2 is 1.69 bits per heavy atom. The van der Waals surface area contributed by atoms with Gasteiger partial charge in [-0.2, -0.15) is 0 Å². The van der Waals surface area contributed by atoms with Crippen LogP contribution in [-0.2, 0) is 18.6 Å². The van der Waals surface area contributed by atoms with Gasteiger partial charge in [-0.3, -0.25) is 4.98 Å². The first-order valence-corrected chi connectivity index (χ1v) is 13.1. The molecular weight excluding hydrogens is 460 g/mol. The van der Waals surface area contributed by atoms with Crippen LogP contribution < -0.4 is 0 Å². The highest BCUT2D eigenvalue weighted by atomic mass is 32.2. The summed E-state index contributed by atoms with van der Waals surface area (Å²) in [7, 11) is 0. The van der Waals surface area contributed by atoms with Gasteiger partial charge in [-0.05, 0) is 72.5 Å². The SMILES string of the molecule is C=C(C)c1ccc2ncc(CSc3ccc4ccc(CCc5cc6ccccc6o5)cc4n3)cc2c1. The molecular formula is C32H26N2OS. The second kappa shape index (κ2) is 9.63. The molecule has 6 rings (SSSR count). The Morgan fingerprint density at radius 1 is 0.806 bits per heavy atom. The van der Waals surface area contributed by atoms with Gasteiger partial charge in [0.15, 0.2) is 0 Å². The van der Waals surface area contributed by atoms with Gasteiger partial charge in [0.2, 0.25) is 0 Å². The van der Waals surface area contributed by atoms with Crippen molar-refractivity contribution < 1.29 is 4.42 Å². The molecule has 0 atom stereocenters. The van der Waals surface area contributed by atoms with Gasteiger partial charge >= 0.3 is 0 Å². The third kappa shape index (κ3) is 4.77. The average molecular weight is 487 g/mol. The minimum atomic E-state index is 0.824. The van der Waals surface area contributed by atoms with Crippen molar-refractivity contribution in [1.82, 2.24) is 9.97 Å². The normalized spacial score (nSPS) is 11.5. The Kier molecular flexibility index (Phi) is 6.04. The number of hydrogen-bond donors (Lipinski definition) is 0. The molecule has 3 nitrogen and oxygen atoms in total. The molecule has 0 N–H and O–H groups in total. The van der Waals surface area contributed by atoms with E-state index in [1.165, 1.54) is 11.1 Å². The first kappa shape index (κ1) is 22.6. The van der Waals surface area contributed by atoms with Crippen molar-refractivity contribution in [3.05, 3.63) is 120 Å². The molecule has 176 valence electrons. The molecule has 0 amide bonds. The lowest BCUT2D eigenvalue weighted by Gasteiger charge is -2.07. The van der Waals surface area contributed by atoms with E-state index in [2.05, 4.69) is 78.3 Å². The third-order valence-corrected chi connectivity index (χ3v) is 7.49. The predicted molar refractivity (Wildman–Crippen MR) is 151 cm³/mol. The summed E-state index contributed by atoms with van der Waals surface area (Å²) in [5.41, 5.74) is 7.66. The van der Waals surface area contributed by atoms with Crippen molar-refractivity contribution in [3.8, 4) is 0 Å². The fourth-order valence-corrected chi connectivity index (χ4v) is 5.29. The van der Waals surface area contributed by atoms with E-state index >= 15 is 0 Å².